The van der Waals surface area contributed by atoms with Crippen LogP contribution in [0.4, 0.5) is 0 Å². The van der Waals surface area contributed by atoms with Crippen LogP contribution in [0.2, 0.25) is 0 Å². The molecule has 5 fully saturated rings. The lowest BCUT2D eigenvalue weighted by Crippen LogP contribution is -2.64. The SMILES string of the molecule is CCCCCCCCCCCCCCCCCC(=O)OC[C@@H](C)[C@@]1(O)[C@@H](O[C@@H]2OC[C@H](O)[C@H](O[C@@H]3OC[C@@H](O)[C@H](O)[C@H]3OC(=O)c3ccc(OC)cc3)[C@H]2OC(C)=O)C[C@H]2[C@@H]3CC=C4C[C@@H](O)CC[C@]4(C)[C@H]3CC[C@@]21C. The van der Waals surface area contributed by atoms with E-state index in [0.29, 0.717) is 37.4 Å². The van der Waals surface area contributed by atoms with Gasteiger partial charge in [0.15, 0.2) is 24.8 Å². The van der Waals surface area contributed by atoms with Crippen LogP contribution in [-0.4, -0.2) is 137 Å². The fraction of sp³-hybridized carbons (Fsp3) is 0.817. The van der Waals surface area contributed by atoms with Gasteiger partial charge in [0.2, 0.25) is 0 Å². The molecule has 2 heterocycles. The molecule has 1 aromatic rings. The van der Waals surface area contributed by atoms with Crippen molar-refractivity contribution < 1.29 is 77.8 Å². The minimum atomic E-state index is -1.66. The predicted octanol–water partition coefficient (Wildman–Crippen LogP) is 8.82. The molecule has 0 unspecified atom stereocenters. The van der Waals surface area contributed by atoms with Gasteiger partial charge >= 0.3 is 17.9 Å². The van der Waals surface area contributed by atoms with Gasteiger partial charge in [0.25, 0.3) is 0 Å². The molecule has 17 atom stereocenters. The van der Waals surface area contributed by atoms with Gasteiger partial charge in [0, 0.05) is 24.7 Å². The Morgan fingerprint density at radius 1 is 0.737 bits per heavy atom. The van der Waals surface area contributed by atoms with E-state index >= 15 is 0 Å². The Morgan fingerprint density at radius 2 is 1.34 bits per heavy atom. The molecule has 0 aromatic heterocycles. The standard InChI is InChI=1S/C60H94O16/c1-7-8-9-10-11-12-13-14-15-16-17-18-19-20-21-22-50(65)70-35-38(2)60(68)49(34-46-44-28-25-41-33-42(62)29-31-58(41,4)45(44)30-32-59(46,60)5)74-57-54(73-39(3)61)52(48(64)37-72-57)76-56-53(51(66)47(63)36-71-56)75-55(67)40-23-26-43(69-6)27-24-40/h23-27,38,42,44-49,51-54,56-57,62-64,66,68H,7-22,28-37H2,1-6H3/t38-,42+,44-,45+,46+,47-,48+,49+,51+,52+,53-,54-,56+,57+,58+,59+,60-/m1/s1. The maximum atomic E-state index is 13.7. The number of fused-ring (bicyclic) bond motifs is 5. The lowest BCUT2D eigenvalue weighted by atomic mass is 9.46. The minimum absolute atomic E-state index is 0.0423. The molecule has 6 aliphatic rings. The highest BCUT2D eigenvalue weighted by atomic mass is 16.8. The summed E-state index contributed by atoms with van der Waals surface area (Å²) in [4.78, 5) is 39.8. The molecule has 0 amide bonds. The highest BCUT2D eigenvalue weighted by Crippen LogP contribution is 2.69. The first-order valence-electron chi connectivity index (χ1n) is 29.3. The van der Waals surface area contributed by atoms with Crippen molar-refractivity contribution in [2.75, 3.05) is 26.9 Å². The van der Waals surface area contributed by atoms with Crippen molar-refractivity contribution in [1.29, 1.82) is 0 Å². The number of aliphatic hydroxyl groups excluding tert-OH is 4. The van der Waals surface area contributed by atoms with E-state index in [4.69, 9.17) is 37.9 Å². The quantitative estimate of drug-likeness (QED) is 0.0240. The molecule has 16 heteroatoms. The number of allylic oxidation sites excluding steroid dienone is 1. The third-order valence-electron chi connectivity index (χ3n) is 18.9. The Kier molecular flexibility index (Phi) is 22.1. The smallest absolute Gasteiger partial charge is 0.338 e. The second-order valence-electron chi connectivity index (χ2n) is 23.9. The zero-order valence-electron chi connectivity index (χ0n) is 46.6. The number of methoxy groups -OCH3 is 1. The molecule has 5 N–H and O–H groups in total. The van der Waals surface area contributed by atoms with Gasteiger partial charge in [-0.15, -0.1) is 0 Å². The molecule has 0 radical (unpaired) electrons. The Labute approximate surface area is 452 Å². The molecule has 1 aromatic carbocycles. The zero-order valence-corrected chi connectivity index (χ0v) is 46.6. The second kappa shape index (κ2) is 27.8. The minimum Gasteiger partial charge on any atom is -0.497 e. The summed E-state index contributed by atoms with van der Waals surface area (Å²) >= 11 is 0. The number of benzene rings is 1. The Balaban J connectivity index is 1.03. The molecular formula is C60H94O16. The van der Waals surface area contributed by atoms with Crippen molar-refractivity contribution in [2.45, 2.75) is 249 Å². The Hall–Kier alpha value is -3.19. The maximum absolute atomic E-state index is 13.7. The molecule has 16 nitrogen and oxygen atoms in total. The molecule has 76 heavy (non-hydrogen) atoms. The molecule has 7 rings (SSSR count). The van der Waals surface area contributed by atoms with Crippen molar-refractivity contribution >= 4 is 17.9 Å². The maximum Gasteiger partial charge on any atom is 0.338 e. The van der Waals surface area contributed by atoms with Gasteiger partial charge in [-0.1, -0.05) is 129 Å². The van der Waals surface area contributed by atoms with E-state index in [9.17, 15) is 39.9 Å². The number of carbonyl (C=O) groups excluding carboxylic acids is 3. The number of aliphatic hydroxyl groups is 5. The fourth-order valence-corrected chi connectivity index (χ4v) is 14.4. The molecule has 2 saturated heterocycles. The highest BCUT2D eigenvalue weighted by molar-refractivity contribution is 5.89. The van der Waals surface area contributed by atoms with Gasteiger partial charge in [-0.3, -0.25) is 9.59 Å². The van der Waals surface area contributed by atoms with Crippen LogP contribution in [0.15, 0.2) is 35.9 Å². The summed E-state index contributed by atoms with van der Waals surface area (Å²) in [6.45, 7) is 9.00. The van der Waals surface area contributed by atoms with Crippen molar-refractivity contribution in [3.63, 3.8) is 0 Å². The van der Waals surface area contributed by atoms with E-state index in [0.717, 1.165) is 51.4 Å². The van der Waals surface area contributed by atoms with E-state index in [1.165, 1.54) is 102 Å². The van der Waals surface area contributed by atoms with E-state index in [1.54, 1.807) is 12.1 Å². The molecular weight excluding hydrogens is 977 g/mol. The van der Waals surface area contributed by atoms with E-state index in [-0.39, 0.29) is 48.1 Å². The second-order valence-corrected chi connectivity index (χ2v) is 23.9. The number of hydrogen-bond acceptors (Lipinski definition) is 16. The molecule has 0 bridgehead atoms. The van der Waals surface area contributed by atoms with Crippen LogP contribution in [0.3, 0.4) is 0 Å². The van der Waals surface area contributed by atoms with Crippen LogP contribution < -0.4 is 4.74 Å². The lowest BCUT2D eigenvalue weighted by molar-refractivity contribution is -0.345. The van der Waals surface area contributed by atoms with E-state index < -0.39 is 90.8 Å². The number of hydrogen-bond donors (Lipinski definition) is 5. The van der Waals surface area contributed by atoms with Crippen LogP contribution in [0.25, 0.3) is 0 Å². The topological polar surface area (TPSA) is 226 Å². The summed E-state index contributed by atoms with van der Waals surface area (Å²) in [7, 11) is 1.49. The number of carbonyl (C=O) groups is 3. The normalized spacial score (nSPS) is 36.5. The third kappa shape index (κ3) is 14.0. The fourth-order valence-electron chi connectivity index (χ4n) is 14.4. The summed E-state index contributed by atoms with van der Waals surface area (Å²) in [5, 5.41) is 57.7. The third-order valence-corrected chi connectivity index (χ3v) is 18.9. The molecule has 0 spiro atoms. The Morgan fingerprint density at radius 3 is 1.96 bits per heavy atom. The number of unbranched alkanes of at least 4 members (excludes halogenated alkanes) is 14. The van der Waals surface area contributed by atoms with Gasteiger partial charge < -0.3 is 63.4 Å². The molecule has 430 valence electrons. The van der Waals surface area contributed by atoms with Crippen molar-refractivity contribution in [3.8, 4) is 5.75 Å². The first-order chi connectivity index (χ1) is 36.4. The highest BCUT2D eigenvalue weighted by Gasteiger charge is 2.70. The first kappa shape index (κ1) is 60.5. The Bertz CT molecular complexity index is 2030. The van der Waals surface area contributed by atoms with Gasteiger partial charge in [0.05, 0.1) is 44.7 Å². The van der Waals surface area contributed by atoms with E-state index in [2.05, 4.69) is 26.8 Å². The van der Waals surface area contributed by atoms with E-state index in [1.807, 2.05) is 6.92 Å². The molecule has 2 aliphatic heterocycles. The van der Waals surface area contributed by atoms with Crippen LogP contribution in [0.1, 0.15) is 193 Å². The lowest BCUT2D eigenvalue weighted by Gasteiger charge is -2.59. The average Bonchev–Trinajstić information content (AvgIpc) is 3.71. The van der Waals surface area contributed by atoms with Gasteiger partial charge in [-0.2, -0.15) is 0 Å². The van der Waals surface area contributed by atoms with Crippen LogP contribution in [0, 0.1) is 34.5 Å². The van der Waals surface area contributed by atoms with Crippen molar-refractivity contribution in [3.05, 3.63) is 41.5 Å². The molecule has 4 aliphatic carbocycles. The summed E-state index contributed by atoms with van der Waals surface area (Å²) in [5.41, 5.74) is -0.959. The number of ether oxygens (including phenoxy) is 8. The van der Waals surface area contributed by atoms with Crippen molar-refractivity contribution in [2.24, 2.45) is 34.5 Å². The van der Waals surface area contributed by atoms with Gasteiger partial charge in [0.1, 0.15) is 35.8 Å². The summed E-state index contributed by atoms with van der Waals surface area (Å²) in [6, 6.07) is 6.08. The van der Waals surface area contributed by atoms with Crippen LogP contribution in [-0.2, 0) is 42.7 Å². The summed E-state index contributed by atoms with van der Waals surface area (Å²) in [6.07, 6.45) is 12.8. The first-order valence-corrected chi connectivity index (χ1v) is 29.3. The largest absolute Gasteiger partial charge is 0.497 e. The number of esters is 3. The van der Waals surface area contributed by atoms with Gasteiger partial charge in [-0.25, -0.2) is 4.79 Å². The summed E-state index contributed by atoms with van der Waals surface area (Å²) < 4.78 is 48.1. The van der Waals surface area contributed by atoms with Gasteiger partial charge in [-0.05, 0) is 98.8 Å². The molecule has 3 saturated carbocycles. The predicted molar refractivity (Wildman–Crippen MR) is 283 cm³/mol. The number of rotatable bonds is 27. The van der Waals surface area contributed by atoms with Crippen LogP contribution >= 0.6 is 0 Å². The van der Waals surface area contributed by atoms with Crippen molar-refractivity contribution in [1.82, 2.24) is 0 Å². The monoisotopic (exact) mass is 1070 g/mol. The average molecular weight is 1070 g/mol. The van der Waals surface area contributed by atoms with Crippen LogP contribution in [0.5, 0.6) is 5.75 Å². The zero-order chi connectivity index (χ0) is 54.6. The summed E-state index contributed by atoms with van der Waals surface area (Å²) in [5.74, 6) is -1.57.